The van der Waals surface area contributed by atoms with Gasteiger partial charge in [-0.15, -0.1) is 0 Å². The van der Waals surface area contributed by atoms with Crippen molar-refractivity contribution in [3.05, 3.63) is 0 Å². The lowest BCUT2D eigenvalue weighted by Gasteiger charge is -2.03. The Morgan fingerprint density at radius 3 is 1.52 bits per heavy atom. The first kappa shape index (κ1) is 33.6. The van der Waals surface area contributed by atoms with Crippen molar-refractivity contribution in [2.24, 2.45) is 0 Å². The number of ether oxygens (including phenoxy) is 3. The van der Waals surface area contributed by atoms with Gasteiger partial charge in [0.05, 0.1) is 40.1 Å². The number of rotatable bonds is 15. The van der Waals surface area contributed by atoms with E-state index in [0.29, 0.717) is 6.61 Å². The van der Waals surface area contributed by atoms with Gasteiger partial charge in [0, 0.05) is 19.6 Å². The molecular formula is C22H42O9. The minimum Gasteiger partial charge on any atom is -0.469 e. The Morgan fingerprint density at radius 2 is 1.10 bits per heavy atom. The lowest BCUT2D eigenvalue weighted by Crippen LogP contribution is -2.09. The molecule has 0 atom stereocenters. The summed E-state index contributed by atoms with van der Waals surface area (Å²) in [6.45, 7) is 4.53. The van der Waals surface area contributed by atoms with Crippen molar-refractivity contribution in [3.63, 3.8) is 0 Å². The predicted octanol–water partition coefficient (Wildman–Crippen LogP) is 2.73. The van der Waals surface area contributed by atoms with E-state index in [4.69, 9.17) is 14.9 Å². The topological polar surface area (TPSA) is 136 Å². The van der Waals surface area contributed by atoms with Gasteiger partial charge in [0.2, 0.25) is 0 Å². The van der Waals surface area contributed by atoms with Crippen LogP contribution in [0.15, 0.2) is 0 Å². The number of carbonyl (C=O) groups excluding carboxylic acids is 4. The van der Waals surface area contributed by atoms with Gasteiger partial charge in [-0.1, -0.05) is 26.2 Å². The van der Waals surface area contributed by atoms with E-state index >= 15 is 0 Å². The van der Waals surface area contributed by atoms with Crippen LogP contribution < -0.4 is 0 Å². The van der Waals surface area contributed by atoms with Gasteiger partial charge in [-0.05, 0) is 32.6 Å². The van der Waals surface area contributed by atoms with Crippen LogP contribution in [-0.4, -0.2) is 67.9 Å². The van der Waals surface area contributed by atoms with Gasteiger partial charge in [0.25, 0.3) is 0 Å². The highest BCUT2D eigenvalue weighted by Crippen LogP contribution is 2.01. The standard InChI is InChI=1S/C11H20O4.C6H10O3.C5H12O2/c1-3-4-5-6-9-15-11(13)8-7-10(12)14-2;1-5(7)3-4-6(8)9-2;6-4-2-1-3-5-7/h3-9H2,1-2H3;3-4H2,1-2H3;6-7H,1-5H2. The minimum atomic E-state index is -0.377. The predicted molar refractivity (Wildman–Crippen MR) is 116 cm³/mol. The third-order valence-electron chi connectivity index (χ3n) is 3.75. The number of methoxy groups -OCH3 is 2. The monoisotopic (exact) mass is 450 g/mol. The van der Waals surface area contributed by atoms with E-state index in [0.717, 1.165) is 38.5 Å². The molecule has 0 rings (SSSR count). The minimum absolute atomic E-state index is 0.0143. The molecule has 2 N–H and O–H groups in total. The Bertz CT molecular complexity index is 446. The number of unbranched alkanes of at least 4 members (excludes halogenated alkanes) is 5. The van der Waals surface area contributed by atoms with E-state index in [1.165, 1.54) is 27.6 Å². The summed E-state index contributed by atoms with van der Waals surface area (Å²) in [6.07, 6.45) is 7.59. The lowest BCUT2D eigenvalue weighted by atomic mass is 10.2. The summed E-state index contributed by atoms with van der Waals surface area (Å²) in [4.78, 5) is 42.4. The van der Waals surface area contributed by atoms with Crippen molar-refractivity contribution >= 4 is 23.7 Å². The summed E-state index contributed by atoms with van der Waals surface area (Å²) in [5.41, 5.74) is 0. The molecule has 0 unspecified atom stereocenters. The summed E-state index contributed by atoms with van der Waals surface area (Å²) in [7, 11) is 2.61. The van der Waals surface area contributed by atoms with Crippen molar-refractivity contribution in [2.75, 3.05) is 34.0 Å². The number of esters is 3. The first-order chi connectivity index (χ1) is 14.8. The van der Waals surface area contributed by atoms with Crippen molar-refractivity contribution in [1.82, 2.24) is 0 Å². The fourth-order valence-corrected chi connectivity index (χ4v) is 1.87. The molecule has 0 saturated heterocycles. The second kappa shape index (κ2) is 28.0. The quantitative estimate of drug-likeness (QED) is 0.219. The largest absolute Gasteiger partial charge is 0.469 e. The Labute approximate surface area is 186 Å². The van der Waals surface area contributed by atoms with Crippen molar-refractivity contribution in [2.45, 2.75) is 84.5 Å². The maximum absolute atomic E-state index is 11.1. The summed E-state index contributed by atoms with van der Waals surface area (Å²) >= 11 is 0. The van der Waals surface area contributed by atoms with Crippen LogP contribution in [0.4, 0.5) is 0 Å². The van der Waals surface area contributed by atoms with E-state index in [-0.39, 0.29) is 62.6 Å². The normalized spacial score (nSPS) is 9.35. The molecule has 0 aliphatic carbocycles. The number of aliphatic hydroxyl groups excluding tert-OH is 2. The van der Waals surface area contributed by atoms with E-state index in [2.05, 4.69) is 16.4 Å². The number of hydrogen-bond donors (Lipinski definition) is 2. The number of ketones is 1. The van der Waals surface area contributed by atoms with Gasteiger partial charge >= 0.3 is 17.9 Å². The number of Topliss-reactive ketones (excluding diaryl/α,β-unsaturated/α-hetero) is 1. The molecule has 184 valence electrons. The molecule has 0 aromatic heterocycles. The van der Waals surface area contributed by atoms with Crippen LogP contribution in [0.25, 0.3) is 0 Å². The molecular weight excluding hydrogens is 408 g/mol. The summed E-state index contributed by atoms with van der Waals surface area (Å²) in [6, 6.07) is 0. The van der Waals surface area contributed by atoms with E-state index in [9.17, 15) is 19.2 Å². The summed E-state index contributed by atoms with van der Waals surface area (Å²) in [5, 5.41) is 16.4. The third-order valence-corrected chi connectivity index (χ3v) is 3.75. The molecule has 0 radical (unpaired) electrons. The summed E-state index contributed by atoms with van der Waals surface area (Å²) < 4.78 is 13.7. The van der Waals surface area contributed by atoms with Crippen LogP contribution in [0.5, 0.6) is 0 Å². The SMILES string of the molecule is CCCCCCOC(=O)CCC(=O)OC.COC(=O)CCC(C)=O.OCCCCCO. The highest BCUT2D eigenvalue weighted by Gasteiger charge is 2.07. The van der Waals surface area contributed by atoms with Gasteiger partial charge in [0.15, 0.2) is 0 Å². The van der Waals surface area contributed by atoms with E-state index in [1.807, 2.05) is 0 Å². The molecule has 9 heteroatoms. The van der Waals surface area contributed by atoms with Crippen molar-refractivity contribution < 1.29 is 43.6 Å². The molecule has 0 saturated carbocycles. The van der Waals surface area contributed by atoms with Gasteiger partial charge < -0.3 is 29.2 Å². The Morgan fingerprint density at radius 1 is 0.645 bits per heavy atom. The number of aliphatic hydroxyl groups is 2. The third kappa shape index (κ3) is 35.8. The van der Waals surface area contributed by atoms with Gasteiger partial charge in [-0.3, -0.25) is 14.4 Å². The first-order valence-electron chi connectivity index (χ1n) is 10.8. The maximum Gasteiger partial charge on any atom is 0.306 e. The lowest BCUT2D eigenvalue weighted by molar-refractivity contribution is -0.149. The second-order valence-electron chi connectivity index (χ2n) is 6.64. The molecule has 0 fully saturated rings. The number of carbonyl (C=O) groups is 4. The van der Waals surface area contributed by atoms with E-state index in [1.54, 1.807) is 0 Å². The average molecular weight is 451 g/mol. The van der Waals surface area contributed by atoms with Crippen LogP contribution >= 0.6 is 0 Å². The van der Waals surface area contributed by atoms with Gasteiger partial charge in [0.1, 0.15) is 5.78 Å². The second-order valence-corrected chi connectivity index (χ2v) is 6.64. The fourth-order valence-electron chi connectivity index (χ4n) is 1.87. The molecule has 0 bridgehead atoms. The smallest absolute Gasteiger partial charge is 0.306 e. The molecule has 31 heavy (non-hydrogen) atoms. The van der Waals surface area contributed by atoms with Crippen molar-refractivity contribution in [1.29, 1.82) is 0 Å². The Hall–Kier alpha value is -2.00. The zero-order valence-corrected chi connectivity index (χ0v) is 19.7. The van der Waals surface area contributed by atoms with Crippen LogP contribution in [0.3, 0.4) is 0 Å². The molecule has 0 aliphatic rings. The highest BCUT2D eigenvalue weighted by molar-refractivity contribution is 5.80. The molecule has 0 spiro atoms. The first-order valence-corrected chi connectivity index (χ1v) is 10.8. The van der Waals surface area contributed by atoms with Crippen LogP contribution in [0.2, 0.25) is 0 Å². The van der Waals surface area contributed by atoms with Crippen LogP contribution in [0, 0.1) is 0 Å². The maximum atomic E-state index is 11.1. The van der Waals surface area contributed by atoms with Crippen LogP contribution in [-0.2, 0) is 33.4 Å². The van der Waals surface area contributed by atoms with Gasteiger partial charge in [-0.2, -0.15) is 0 Å². The highest BCUT2D eigenvalue weighted by atomic mass is 16.5. The zero-order chi connectivity index (χ0) is 24.3. The molecule has 0 aromatic rings. The summed E-state index contributed by atoms with van der Waals surface area (Å²) in [5.74, 6) is -1.01. The molecule has 0 aliphatic heterocycles. The Balaban J connectivity index is -0.000000417. The van der Waals surface area contributed by atoms with Crippen LogP contribution in [0.1, 0.15) is 84.5 Å². The average Bonchev–Trinajstić information content (AvgIpc) is 2.76. The van der Waals surface area contributed by atoms with Crippen molar-refractivity contribution in [3.8, 4) is 0 Å². The molecule has 0 aromatic carbocycles. The zero-order valence-electron chi connectivity index (χ0n) is 19.7. The van der Waals surface area contributed by atoms with E-state index < -0.39 is 0 Å². The Kier molecular flexibility index (Phi) is 30.4. The number of hydrogen-bond acceptors (Lipinski definition) is 9. The fraction of sp³-hybridized carbons (Fsp3) is 0.818. The molecule has 0 amide bonds. The molecule has 0 heterocycles. The van der Waals surface area contributed by atoms with Gasteiger partial charge in [-0.25, -0.2) is 0 Å². The molecule has 9 nitrogen and oxygen atoms in total.